The molecule has 4 heteroatoms. The summed E-state index contributed by atoms with van der Waals surface area (Å²) < 4.78 is 17.0. The molecule has 1 fully saturated rings. The number of benzene rings is 1. The van der Waals surface area contributed by atoms with Crippen molar-refractivity contribution in [3.63, 3.8) is 0 Å². The summed E-state index contributed by atoms with van der Waals surface area (Å²) in [4.78, 5) is 0. The van der Waals surface area contributed by atoms with Gasteiger partial charge in [-0.3, -0.25) is 0 Å². The Kier molecular flexibility index (Phi) is 4.54. The van der Waals surface area contributed by atoms with Crippen LogP contribution in [-0.4, -0.2) is 19.4 Å². The SMILES string of the molecule is CC(C)NCc1cc2c(cc1OCC1CCCC1)OCO2. The first kappa shape index (κ1) is 14.5. The molecule has 1 aromatic carbocycles. The van der Waals surface area contributed by atoms with Crippen molar-refractivity contribution in [2.75, 3.05) is 13.4 Å². The molecule has 0 aromatic heterocycles. The van der Waals surface area contributed by atoms with Crippen LogP contribution in [0.4, 0.5) is 0 Å². The normalized spacial score (nSPS) is 17.7. The minimum atomic E-state index is 0.304. The molecule has 0 radical (unpaired) electrons. The minimum Gasteiger partial charge on any atom is -0.493 e. The molecule has 0 unspecified atom stereocenters. The number of fused-ring (bicyclic) bond motifs is 1. The lowest BCUT2D eigenvalue weighted by molar-refractivity contribution is 0.173. The van der Waals surface area contributed by atoms with Crippen molar-refractivity contribution in [3.8, 4) is 17.2 Å². The van der Waals surface area contributed by atoms with Gasteiger partial charge >= 0.3 is 0 Å². The molecule has 116 valence electrons. The zero-order chi connectivity index (χ0) is 14.7. The lowest BCUT2D eigenvalue weighted by Crippen LogP contribution is -2.22. The molecular formula is C17H25NO3. The molecule has 1 saturated carbocycles. The Balaban J connectivity index is 1.72. The highest BCUT2D eigenvalue weighted by atomic mass is 16.7. The highest BCUT2D eigenvalue weighted by Gasteiger charge is 2.20. The largest absolute Gasteiger partial charge is 0.493 e. The minimum absolute atomic E-state index is 0.304. The maximum absolute atomic E-state index is 6.10. The van der Waals surface area contributed by atoms with Gasteiger partial charge in [0.2, 0.25) is 6.79 Å². The summed E-state index contributed by atoms with van der Waals surface area (Å²) in [5.41, 5.74) is 1.14. The smallest absolute Gasteiger partial charge is 0.231 e. The van der Waals surface area contributed by atoms with Gasteiger partial charge in [0.05, 0.1) is 6.61 Å². The summed E-state index contributed by atoms with van der Waals surface area (Å²) in [6, 6.07) is 4.47. The zero-order valence-electron chi connectivity index (χ0n) is 13.0. The number of nitrogens with one attached hydrogen (secondary N) is 1. The van der Waals surface area contributed by atoms with Crippen molar-refractivity contribution in [1.29, 1.82) is 0 Å². The van der Waals surface area contributed by atoms with Crippen LogP contribution in [0.3, 0.4) is 0 Å². The summed E-state index contributed by atoms with van der Waals surface area (Å²) in [5, 5.41) is 3.44. The molecule has 0 atom stereocenters. The van der Waals surface area contributed by atoms with Gasteiger partial charge in [0.25, 0.3) is 0 Å². The van der Waals surface area contributed by atoms with E-state index in [1.54, 1.807) is 0 Å². The lowest BCUT2D eigenvalue weighted by atomic mass is 10.1. The Hall–Kier alpha value is -1.42. The van der Waals surface area contributed by atoms with Crippen LogP contribution in [0, 0.1) is 5.92 Å². The standard InChI is InChI=1S/C17H25NO3/c1-12(2)18-9-14-7-16-17(21-11-20-16)8-15(14)19-10-13-5-3-4-6-13/h7-8,12-13,18H,3-6,9-11H2,1-2H3. The van der Waals surface area contributed by atoms with E-state index < -0.39 is 0 Å². The molecule has 0 amide bonds. The van der Waals surface area contributed by atoms with Gasteiger partial charge in [-0.25, -0.2) is 0 Å². The number of hydrogen-bond acceptors (Lipinski definition) is 4. The molecule has 1 aliphatic carbocycles. The third-order valence-electron chi connectivity index (χ3n) is 4.21. The van der Waals surface area contributed by atoms with Crippen LogP contribution in [0.2, 0.25) is 0 Å². The fourth-order valence-electron chi connectivity index (χ4n) is 2.94. The van der Waals surface area contributed by atoms with Crippen LogP contribution in [0.25, 0.3) is 0 Å². The first-order valence-corrected chi connectivity index (χ1v) is 8.01. The molecule has 0 bridgehead atoms. The summed E-state index contributed by atoms with van der Waals surface area (Å²) >= 11 is 0. The lowest BCUT2D eigenvalue weighted by Gasteiger charge is -2.17. The van der Waals surface area contributed by atoms with Crippen molar-refractivity contribution in [1.82, 2.24) is 5.32 Å². The monoisotopic (exact) mass is 291 g/mol. The van der Waals surface area contributed by atoms with Crippen molar-refractivity contribution >= 4 is 0 Å². The Labute approximate surface area is 126 Å². The number of hydrogen-bond donors (Lipinski definition) is 1. The van der Waals surface area contributed by atoms with Gasteiger partial charge in [-0.15, -0.1) is 0 Å². The molecule has 2 aliphatic rings. The van der Waals surface area contributed by atoms with Gasteiger partial charge in [0.1, 0.15) is 5.75 Å². The van der Waals surface area contributed by atoms with Crippen molar-refractivity contribution < 1.29 is 14.2 Å². The quantitative estimate of drug-likeness (QED) is 0.871. The fraction of sp³-hybridized carbons (Fsp3) is 0.647. The highest BCUT2D eigenvalue weighted by Crippen LogP contribution is 2.38. The van der Waals surface area contributed by atoms with Gasteiger partial charge in [-0.1, -0.05) is 26.7 Å². The first-order valence-electron chi connectivity index (χ1n) is 8.01. The molecule has 0 spiro atoms. The van der Waals surface area contributed by atoms with E-state index in [1.807, 2.05) is 12.1 Å². The zero-order valence-corrected chi connectivity index (χ0v) is 13.0. The molecule has 0 saturated heterocycles. The van der Waals surface area contributed by atoms with Gasteiger partial charge in [-0.2, -0.15) is 0 Å². The van der Waals surface area contributed by atoms with Crippen LogP contribution in [0.15, 0.2) is 12.1 Å². The summed E-state index contributed by atoms with van der Waals surface area (Å²) in [5.74, 6) is 3.26. The highest BCUT2D eigenvalue weighted by molar-refractivity contribution is 5.51. The maximum Gasteiger partial charge on any atom is 0.231 e. The van der Waals surface area contributed by atoms with E-state index in [9.17, 15) is 0 Å². The predicted octanol–water partition coefficient (Wildman–Crippen LogP) is 3.48. The van der Waals surface area contributed by atoms with E-state index in [0.29, 0.717) is 18.8 Å². The third-order valence-corrected chi connectivity index (χ3v) is 4.21. The van der Waals surface area contributed by atoms with Gasteiger partial charge < -0.3 is 19.5 Å². The second-order valence-corrected chi connectivity index (χ2v) is 6.31. The van der Waals surface area contributed by atoms with Gasteiger partial charge in [0, 0.05) is 24.2 Å². The van der Waals surface area contributed by atoms with Crippen molar-refractivity contribution in [2.45, 2.75) is 52.1 Å². The number of rotatable bonds is 6. The molecule has 4 nitrogen and oxygen atoms in total. The second-order valence-electron chi connectivity index (χ2n) is 6.31. The van der Waals surface area contributed by atoms with E-state index in [-0.39, 0.29) is 0 Å². The molecule has 1 N–H and O–H groups in total. The predicted molar refractivity (Wildman–Crippen MR) is 82.0 cm³/mol. The maximum atomic E-state index is 6.10. The van der Waals surface area contributed by atoms with E-state index in [0.717, 1.165) is 36.0 Å². The van der Waals surface area contributed by atoms with Gasteiger partial charge in [0.15, 0.2) is 11.5 Å². The molecular weight excluding hydrogens is 266 g/mol. The Morgan fingerprint density at radius 2 is 1.90 bits per heavy atom. The Morgan fingerprint density at radius 1 is 1.19 bits per heavy atom. The summed E-state index contributed by atoms with van der Waals surface area (Å²) in [7, 11) is 0. The van der Waals surface area contributed by atoms with Crippen LogP contribution in [0.5, 0.6) is 17.2 Å². The second kappa shape index (κ2) is 6.56. The fourth-order valence-corrected chi connectivity index (χ4v) is 2.94. The van der Waals surface area contributed by atoms with Crippen LogP contribution < -0.4 is 19.5 Å². The van der Waals surface area contributed by atoms with Crippen LogP contribution in [0.1, 0.15) is 45.1 Å². The number of ether oxygens (including phenoxy) is 3. The van der Waals surface area contributed by atoms with Crippen LogP contribution in [-0.2, 0) is 6.54 Å². The van der Waals surface area contributed by atoms with Crippen molar-refractivity contribution in [2.24, 2.45) is 5.92 Å². The molecule has 1 aromatic rings. The third kappa shape index (κ3) is 3.62. The van der Waals surface area contributed by atoms with E-state index >= 15 is 0 Å². The first-order chi connectivity index (χ1) is 10.2. The average molecular weight is 291 g/mol. The molecule has 1 heterocycles. The summed E-state index contributed by atoms with van der Waals surface area (Å²) in [6.07, 6.45) is 5.28. The molecule has 1 aliphatic heterocycles. The Bertz CT molecular complexity index is 481. The van der Waals surface area contributed by atoms with Crippen molar-refractivity contribution in [3.05, 3.63) is 17.7 Å². The summed E-state index contributed by atoms with van der Waals surface area (Å²) in [6.45, 7) is 6.19. The van der Waals surface area contributed by atoms with Gasteiger partial charge in [-0.05, 0) is 24.8 Å². The average Bonchev–Trinajstić information content (AvgIpc) is 3.12. The van der Waals surface area contributed by atoms with E-state index in [2.05, 4.69) is 19.2 Å². The van der Waals surface area contributed by atoms with E-state index in [1.165, 1.54) is 25.7 Å². The van der Waals surface area contributed by atoms with Crippen LogP contribution >= 0.6 is 0 Å². The molecule has 21 heavy (non-hydrogen) atoms. The molecule has 3 rings (SSSR count). The Morgan fingerprint density at radius 3 is 2.62 bits per heavy atom. The topological polar surface area (TPSA) is 39.7 Å². The van der Waals surface area contributed by atoms with E-state index in [4.69, 9.17) is 14.2 Å².